The van der Waals surface area contributed by atoms with Crippen molar-refractivity contribution in [2.24, 2.45) is 5.73 Å². The number of hydrogen-bond acceptors (Lipinski definition) is 7. The molecule has 1 aromatic carbocycles. The van der Waals surface area contributed by atoms with Gasteiger partial charge in [-0.3, -0.25) is 9.59 Å². The Balaban J connectivity index is 1.63. The van der Waals surface area contributed by atoms with Gasteiger partial charge in [0.05, 0.1) is 12.3 Å². The number of hydrogen-bond donors (Lipinski definition) is 1. The molecule has 0 radical (unpaired) electrons. The van der Waals surface area contributed by atoms with Gasteiger partial charge in [-0.15, -0.1) is 11.3 Å². The third-order valence-corrected chi connectivity index (χ3v) is 7.00. The van der Waals surface area contributed by atoms with Crippen molar-refractivity contribution < 1.29 is 9.53 Å². The lowest BCUT2D eigenvalue weighted by atomic mass is 10.0. The number of amides is 1. The second-order valence-electron chi connectivity index (χ2n) is 8.43. The highest BCUT2D eigenvalue weighted by Gasteiger charge is 2.24. The number of carbonyl (C=O) groups excluding carboxylic acids is 1. The normalized spacial score (nSPS) is 13.6. The molecule has 0 bridgehead atoms. The Morgan fingerprint density at radius 2 is 2.03 bits per heavy atom. The Morgan fingerprint density at radius 1 is 1.21 bits per heavy atom. The molecule has 3 aromatic heterocycles. The van der Waals surface area contributed by atoms with Crippen LogP contribution in [0.15, 0.2) is 47.7 Å². The second-order valence-corrected chi connectivity index (χ2v) is 9.52. The largest absolute Gasteiger partial charge is 0.493 e. The van der Waals surface area contributed by atoms with Gasteiger partial charge in [0, 0.05) is 34.7 Å². The number of primary amides is 1. The highest BCUT2D eigenvalue weighted by molar-refractivity contribution is 7.15. The van der Waals surface area contributed by atoms with Crippen LogP contribution in [0.25, 0.3) is 33.2 Å². The molecular formula is C24H24N6O3S. The minimum absolute atomic E-state index is 0.159. The highest BCUT2D eigenvalue weighted by atomic mass is 32.1. The van der Waals surface area contributed by atoms with E-state index in [0.717, 1.165) is 33.4 Å². The predicted octanol–water partition coefficient (Wildman–Crippen LogP) is 3.46. The van der Waals surface area contributed by atoms with Crippen LogP contribution in [0.2, 0.25) is 0 Å². The van der Waals surface area contributed by atoms with Gasteiger partial charge in [0.15, 0.2) is 10.8 Å². The third-order valence-electron chi connectivity index (χ3n) is 5.89. The molecule has 4 heterocycles. The van der Waals surface area contributed by atoms with Crippen molar-refractivity contribution >= 4 is 17.2 Å². The first-order valence-corrected chi connectivity index (χ1v) is 11.8. The fourth-order valence-corrected chi connectivity index (χ4v) is 5.09. The zero-order valence-electron chi connectivity index (χ0n) is 19.1. The van der Waals surface area contributed by atoms with E-state index < -0.39 is 11.9 Å². The summed E-state index contributed by atoms with van der Waals surface area (Å²) in [6, 6.07) is 8.53. The van der Waals surface area contributed by atoms with Crippen LogP contribution in [0.5, 0.6) is 5.75 Å². The minimum Gasteiger partial charge on any atom is -0.493 e. The van der Waals surface area contributed by atoms with Crippen LogP contribution >= 0.6 is 11.3 Å². The lowest BCUT2D eigenvalue weighted by molar-refractivity contribution is -0.120. The molecule has 1 atom stereocenters. The zero-order chi connectivity index (χ0) is 24.0. The van der Waals surface area contributed by atoms with E-state index in [9.17, 15) is 9.59 Å². The van der Waals surface area contributed by atoms with Gasteiger partial charge in [-0.1, -0.05) is 6.07 Å². The van der Waals surface area contributed by atoms with Crippen LogP contribution in [0, 0.1) is 0 Å². The van der Waals surface area contributed by atoms with Gasteiger partial charge < -0.3 is 15.0 Å². The van der Waals surface area contributed by atoms with Gasteiger partial charge in [-0.2, -0.15) is 5.10 Å². The molecule has 0 saturated carbocycles. The van der Waals surface area contributed by atoms with Crippen LogP contribution in [-0.4, -0.2) is 36.8 Å². The summed E-state index contributed by atoms with van der Waals surface area (Å²) in [5.74, 6) is 0.882. The van der Waals surface area contributed by atoms with E-state index in [1.54, 1.807) is 42.9 Å². The maximum Gasteiger partial charge on any atom is 0.259 e. The maximum atomic E-state index is 13.2. The van der Waals surface area contributed by atoms with E-state index >= 15 is 0 Å². The smallest absolute Gasteiger partial charge is 0.259 e. The molecule has 0 spiro atoms. The van der Waals surface area contributed by atoms with Crippen molar-refractivity contribution in [1.82, 2.24) is 24.3 Å². The van der Waals surface area contributed by atoms with E-state index in [2.05, 4.69) is 23.9 Å². The average molecular weight is 477 g/mol. The molecule has 4 aromatic rings. The molecule has 1 amide bonds. The van der Waals surface area contributed by atoms with Crippen molar-refractivity contribution in [2.45, 2.75) is 39.3 Å². The second kappa shape index (κ2) is 8.53. The molecule has 0 fully saturated rings. The van der Waals surface area contributed by atoms with Crippen LogP contribution in [0.3, 0.4) is 0 Å². The number of benzene rings is 1. The van der Waals surface area contributed by atoms with Crippen LogP contribution in [0.1, 0.15) is 37.7 Å². The maximum absolute atomic E-state index is 13.2. The van der Waals surface area contributed by atoms with Crippen LogP contribution < -0.4 is 16.0 Å². The Labute approximate surface area is 199 Å². The Kier molecular flexibility index (Phi) is 5.52. The summed E-state index contributed by atoms with van der Waals surface area (Å²) in [6.07, 6.45) is 3.84. The Hall–Kier alpha value is -3.79. The number of carbonyl (C=O) groups is 1. The summed E-state index contributed by atoms with van der Waals surface area (Å²) in [5.41, 5.74) is 7.97. The summed E-state index contributed by atoms with van der Waals surface area (Å²) >= 11 is 1.58. The van der Waals surface area contributed by atoms with Gasteiger partial charge in [-0.25, -0.2) is 14.6 Å². The molecule has 10 heteroatoms. The van der Waals surface area contributed by atoms with Crippen LogP contribution in [-0.2, 0) is 11.2 Å². The molecule has 1 aliphatic rings. The lowest BCUT2D eigenvalue weighted by Gasteiger charge is -2.14. The fraction of sp³-hybridized carbons (Fsp3) is 0.292. The molecular weight excluding hydrogens is 452 g/mol. The quantitative estimate of drug-likeness (QED) is 0.471. The van der Waals surface area contributed by atoms with E-state index in [1.165, 1.54) is 4.57 Å². The third kappa shape index (κ3) is 3.69. The molecule has 0 aliphatic carbocycles. The number of rotatable bonds is 5. The molecule has 0 saturated heterocycles. The van der Waals surface area contributed by atoms with E-state index in [-0.39, 0.29) is 11.6 Å². The van der Waals surface area contributed by atoms with E-state index in [1.807, 2.05) is 22.9 Å². The molecule has 2 N–H and O–H groups in total. The standard InChI is InChI=1S/C24H24N6O3S/c1-13(2)30-22(26-12-27-30)23-28-20-17-11-15(6-7-18(17)33-10-8-19(20)34-23)16-5-4-9-29(24(16)32)14(3)21(25)31/h4-7,9,11-14H,8,10H2,1-3H3,(H2,25,31). The van der Waals surface area contributed by atoms with Gasteiger partial charge in [0.1, 0.15) is 18.1 Å². The number of nitrogens with zero attached hydrogens (tertiary/aromatic N) is 5. The average Bonchev–Trinajstić information content (AvgIpc) is 3.43. The first kappa shape index (κ1) is 22.0. The molecule has 1 aliphatic heterocycles. The summed E-state index contributed by atoms with van der Waals surface area (Å²) in [5, 5.41) is 5.13. The first-order chi connectivity index (χ1) is 16.3. The molecule has 34 heavy (non-hydrogen) atoms. The van der Waals surface area contributed by atoms with Gasteiger partial charge in [0.2, 0.25) is 5.91 Å². The van der Waals surface area contributed by atoms with Gasteiger partial charge in [0.25, 0.3) is 5.56 Å². The number of thiazole rings is 1. The SMILES string of the molecule is CC(C)n1ncnc1-c1nc2c(s1)CCOc1ccc(-c3cccn(C(C)C(N)=O)c3=O)cc1-2. The number of pyridine rings is 1. The summed E-state index contributed by atoms with van der Waals surface area (Å²) < 4.78 is 9.20. The van der Waals surface area contributed by atoms with E-state index in [0.29, 0.717) is 23.5 Å². The van der Waals surface area contributed by atoms with Crippen molar-refractivity contribution in [3.63, 3.8) is 0 Å². The number of fused-ring (bicyclic) bond motifs is 3. The van der Waals surface area contributed by atoms with Crippen LogP contribution in [0.4, 0.5) is 0 Å². The topological polar surface area (TPSA) is 118 Å². The Bertz CT molecular complexity index is 1450. The monoisotopic (exact) mass is 476 g/mol. The van der Waals surface area contributed by atoms with Crippen molar-refractivity contribution in [1.29, 1.82) is 0 Å². The first-order valence-electron chi connectivity index (χ1n) is 11.0. The van der Waals surface area contributed by atoms with Crippen molar-refractivity contribution in [3.8, 4) is 39.0 Å². The summed E-state index contributed by atoms with van der Waals surface area (Å²) in [4.78, 5) is 35.3. The Morgan fingerprint density at radius 3 is 2.79 bits per heavy atom. The number of ether oxygens (including phenoxy) is 1. The van der Waals surface area contributed by atoms with Crippen molar-refractivity contribution in [2.75, 3.05) is 6.61 Å². The van der Waals surface area contributed by atoms with Gasteiger partial charge in [-0.05, 0) is 50.6 Å². The minimum atomic E-state index is -0.748. The molecule has 9 nitrogen and oxygen atoms in total. The van der Waals surface area contributed by atoms with Crippen molar-refractivity contribution in [3.05, 3.63) is 58.1 Å². The summed E-state index contributed by atoms with van der Waals surface area (Å²) in [6.45, 7) is 6.25. The zero-order valence-corrected chi connectivity index (χ0v) is 19.9. The molecule has 1 unspecified atom stereocenters. The number of nitrogens with two attached hydrogens (primary N) is 1. The lowest BCUT2D eigenvalue weighted by Crippen LogP contribution is -2.32. The molecule has 174 valence electrons. The highest BCUT2D eigenvalue weighted by Crippen LogP contribution is 2.41. The fourth-order valence-electron chi connectivity index (χ4n) is 4.04. The number of aromatic nitrogens is 5. The predicted molar refractivity (Wildman–Crippen MR) is 130 cm³/mol. The summed E-state index contributed by atoms with van der Waals surface area (Å²) in [7, 11) is 0. The van der Waals surface area contributed by atoms with E-state index in [4.69, 9.17) is 15.5 Å². The van der Waals surface area contributed by atoms with Gasteiger partial charge >= 0.3 is 0 Å². The molecule has 5 rings (SSSR count).